The number of ether oxygens (including phenoxy) is 1. The van der Waals surface area contributed by atoms with Gasteiger partial charge in [-0.2, -0.15) is 0 Å². The third kappa shape index (κ3) is 6.09. The molecule has 2 aliphatic heterocycles. The molecular formula is C19H33Cl2N3O. The average molecular weight is 390 g/mol. The minimum absolute atomic E-state index is 0. The van der Waals surface area contributed by atoms with Crippen molar-refractivity contribution >= 4 is 24.8 Å². The molecule has 3 rings (SSSR count). The summed E-state index contributed by atoms with van der Waals surface area (Å²) in [7, 11) is 0. The van der Waals surface area contributed by atoms with Crippen molar-refractivity contribution < 1.29 is 4.74 Å². The molecule has 0 saturated carbocycles. The lowest BCUT2D eigenvalue weighted by atomic mass is 10.0. The van der Waals surface area contributed by atoms with E-state index in [0.717, 1.165) is 39.3 Å². The molecule has 25 heavy (non-hydrogen) atoms. The van der Waals surface area contributed by atoms with Crippen LogP contribution < -0.4 is 5.73 Å². The van der Waals surface area contributed by atoms with Gasteiger partial charge in [0.05, 0.1) is 13.2 Å². The predicted molar refractivity (Wildman–Crippen MR) is 109 cm³/mol. The molecule has 2 N–H and O–H groups in total. The fourth-order valence-corrected chi connectivity index (χ4v) is 3.96. The molecule has 2 fully saturated rings. The largest absolute Gasteiger partial charge is 0.378 e. The zero-order valence-corrected chi connectivity index (χ0v) is 16.9. The summed E-state index contributed by atoms with van der Waals surface area (Å²) in [5.74, 6) is 0. The van der Waals surface area contributed by atoms with Crippen molar-refractivity contribution in [2.75, 3.05) is 39.4 Å². The molecule has 144 valence electrons. The smallest absolute Gasteiger partial charge is 0.0635 e. The summed E-state index contributed by atoms with van der Waals surface area (Å²) in [5, 5.41) is 0. The molecule has 0 aliphatic carbocycles. The Morgan fingerprint density at radius 3 is 2.48 bits per heavy atom. The van der Waals surface area contributed by atoms with E-state index in [4.69, 9.17) is 10.5 Å². The summed E-state index contributed by atoms with van der Waals surface area (Å²) in [6.45, 7) is 9.34. The molecule has 6 heteroatoms. The Labute approximate surface area is 164 Å². The predicted octanol–water partition coefficient (Wildman–Crippen LogP) is 2.72. The highest BCUT2D eigenvalue weighted by Gasteiger charge is 2.34. The molecule has 0 amide bonds. The fraction of sp³-hybridized carbons (Fsp3) is 0.684. The van der Waals surface area contributed by atoms with Crippen LogP contribution in [0.5, 0.6) is 0 Å². The lowest BCUT2D eigenvalue weighted by molar-refractivity contribution is -0.0840. The normalized spacial score (nSPS) is 24.1. The molecule has 2 atom stereocenters. The van der Waals surface area contributed by atoms with E-state index in [9.17, 15) is 0 Å². The van der Waals surface area contributed by atoms with Crippen LogP contribution in [0.1, 0.15) is 30.9 Å². The van der Waals surface area contributed by atoms with Gasteiger partial charge in [0.25, 0.3) is 0 Å². The number of hydrogen-bond acceptors (Lipinski definition) is 4. The summed E-state index contributed by atoms with van der Waals surface area (Å²) < 4.78 is 5.87. The summed E-state index contributed by atoms with van der Waals surface area (Å²) in [6.07, 6.45) is 3.48. The van der Waals surface area contributed by atoms with Crippen LogP contribution in [-0.4, -0.2) is 61.3 Å². The van der Waals surface area contributed by atoms with Gasteiger partial charge >= 0.3 is 0 Å². The highest BCUT2D eigenvalue weighted by atomic mass is 35.5. The van der Waals surface area contributed by atoms with Crippen molar-refractivity contribution in [2.45, 2.75) is 44.8 Å². The van der Waals surface area contributed by atoms with Crippen LogP contribution in [0.3, 0.4) is 0 Å². The highest BCUT2D eigenvalue weighted by Crippen LogP contribution is 2.22. The highest BCUT2D eigenvalue weighted by molar-refractivity contribution is 5.85. The van der Waals surface area contributed by atoms with Crippen LogP contribution in [0.25, 0.3) is 0 Å². The van der Waals surface area contributed by atoms with Gasteiger partial charge in [0.2, 0.25) is 0 Å². The van der Waals surface area contributed by atoms with Gasteiger partial charge in [0, 0.05) is 38.3 Å². The molecule has 0 aromatic heterocycles. The van der Waals surface area contributed by atoms with Gasteiger partial charge in [-0.25, -0.2) is 0 Å². The zero-order valence-electron chi connectivity index (χ0n) is 15.2. The molecule has 2 saturated heterocycles. The maximum atomic E-state index is 5.87. The van der Waals surface area contributed by atoms with Gasteiger partial charge in [-0.1, -0.05) is 37.6 Å². The second kappa shape index (κ2) is 11.4. The number of halogens is 2. The first-order valence-electron chi connectivity index (χ1n) is 9.14. The molecule has 2 heterocycles. The van der Waals surface area contributed by atoms with Gasteiger partial charge in [0.15, 0.2) is 0 Å². The van der Waals surface area contributed by atoms with Gasteiger partial charge < -0.3 is 10.5 Å². The SMILES string of the molecule is CCC[C@H]1COC[C@H]2CN(Cc3ccc(CCN)cc3)CCN12.Cl.Cl. The first-order valence-corrected chi connectivity index (χ1v) is 9.14. The Morgan fingerprint density at radius 1 is 1.08 bits per heavy atom. The van der Waals surface area contributed by atoms with Crippen molar-refractivity contribution in [1.82, 2.24) is 9.80 Å². The Bertz CT molecular complexity index is 484. The van der Waals surface area contributed by atoms with E-state index in [1.807, 2.05) is 0 Å². The van der Waals surface area contributed by atoms with Crippen LogP contribution in [0.2, 0.25) is 0 Å². The quantitative estimate of drug-likeness (QED) is 0.811. The van der Waals surface area contributed by atoms with Gasteiger partial charge in [0.1, 0.15) is 0 Å². The fourth-order valence-electron chi connectivity index (χ4n) is 3.96. The summed E-state index contributed by atoms with van der Waals surface area (Å²) in [4.78, 5) is 5.28. The molecule has 0 radical (unpaired) electrons. The Balaban J connectivity index is 0.00000156. The topological polar surface area (TPSA) is 41.7 Å². The number of fused-ring (bicyclic) bond motifs is 1. The van der Waals surface area contributed by atoms with E-state index >= 15 is 0 Å². The number of hydrogen-bond donors (Lipinski definition) is 1. The van der Waals surface area contributed by atoms with Crippen molar-refractivity contribution in [3.63, 3.8) is 0 Å². The minimum Gasteiger partial charge on any atom is -0.378 e. The molecule has 1 aromatic carbocycles. The second-order valence-corrected chi connectivity index (χ2v) is 6.96. The number of nitrogens with zero attached hydrogens (tertiary/aromatic N) is 2. The number of nitrogens with two attached hydrogens (primary N) is 1. The number of morpholine rings is 1. The lowest BCUT2D eigenvalue weighted by Crippen LogP contribution is -2.61. The first-order chi connectivity index (χ1) is 11.3. The summed E-state index contributed by atoms with van der Waals surface area (Å²) in [6, 6.07) is 10.2. The van der Waals surface area contributed by atoms with Crippen molar-refractivity contribution in [1.29, 1.82) is 0 Å². The van der Waals surface area contributed by atoms with Crippen molar-refractivity contribution in [3.8, 4) is 0 Å². The van der Waals surface area contributed by atoms with E-state index in [-0.39, 0.29) is 24.8 Å². The zero-order chi connectivity index (χ0) is 16.1. The molecule has 1 aromatic rings. The Morgan fingerprint density at radius 2 is 1.80 bits per heavy atom. The van der Waals surface area contributed by atoms with Gasteiger partial charge in [-0.3, -0.25) is 9.80 Å². The standard InChI is InChI=1S/C19H31N3O.2ClH/c1-2-3-18-14-23-15-19-13-21(10-11-22(18)19)12-17-6-4-16(5-7-17)8-9-20;;/h4-7,18-19H,2-3,8-15,20H2,1H3;2*1H/t18-,19+;;/m0../s1. The summed E-state index contributed by atoms with van der Waals surface area (Å²) in [5.41, 5.74) is 8.36. The second-order valence-electron chi connectivity index (χ2n) is 6.96. The van der Waals surface area contributed by atoms with Crippen LogP contribution in [0, 0.1) is 0 Å². The van der Waals surface area contributed by atoms with Crippen LogP contribution in [0.4, 0.5) is 0 Å². The monoisotopic (exact) mass is 389 g/mol. The van der Waals surface area contributed by atoms with Gasteiger partial charge in [-0.05, 0) is 30.5 Å². The molecule has 0 unspecified atom stereocenters. The molecule has 4 nitrogen and oxygen atoms in total. The third-order valence-corrected chi connectivity index (χ3v) is 5.19. The van der Waals surface area contributed by atoms with Crippen molar-refractivity contribution in [3.05, 3.63) is 35.4 Å². The maximum absolute atomic E-state index is 5.87. The van der Waals surface area contributed by atoms with Crippen LogP contribution in [0.15, 0.2) is 24.3 Å². The molecular weight excluding hydrogens is 357 g/mol. The van der Waals surface area contributed by atoms with Crippen LogP contribution in [-0.2, 0) is 17.7 Å². The van der Waals surface area contributed by atoms with E-state index in [0.29, 0.717) is 12.1 Å². The Kier molecular flexibility index (Phi) is 10.3. The molecule has 0 bridgehead atoms. The number of piperazine rings is 1. The van der Waals surface area contributed by atoms with E-state index < -0.39 is 0 Å². The van der Waals surface area contributed by atoms with E-state index in [1.54, 1.807) is 0 Å². The molecule has 0 spiro atoms. The summed E-state index contributed by atoms with van der Waals surface area (Å²) >= 11 is 0. The maximum Gasteiger partial charge on any atom is 0.0635 e. The third-order valence-electron chi connectivity index (χ3n) is 5.19. The van der Waals surface area contributed by atoms with E-state index in [1.165, 1.54) is 37.1 Å². The van der Waals surface area contributed by atoms with Gasteiger partial charge in [-0.15, -0.1) is 24.8 Å². The molecule has 2 aliphatic rings. The first kappa shape index (κ1) is 22.7. The minimum atomic E-state index is 0. The lowest BCUT2D eigenvalue weighted by Gasteiger charge is -2.48. The van der Waals surface area contributed by atoms with E-state index in [2.05, 4.69) is 41.0 Å². The van der Waals surface area contributed by atoms with Crippen molar-refractivity contribution in [2.24, 2.45) is 5.73 Å². The Hall–Kier alpha value is -0.360. The van der Waals surface area contributed by atoms with Crippen LogP contribution >= 0.6 is 24.8 Å². The average Bonchev–Trinajstić information content (AvgIpc) is 2.57. The number of rotatable bonds is 6. The number of benzene rings is 1.